The van der Waals surface area contributed by atoms with Gasteiger partial charge in [-0.25, -0.2) is 0 Å². The van der Waals surface area contributed by atoms with Gasteiger partial charge in [0.15, 0.2) is 0 Å². The number of nitrogens with zero attached hydrogens (tertiary/aromatic N) is 2. The number of hydrogen-bond acceptors (Lipinski definition) is 2. The first-order valence-electron chi connectivity index (χ1n) is 6.71. The summed E-state index contributed by atoms with van der Waals surface area (Å²) in [5, 5.41) is 8.37. The first-order valence-corrected chi connectivity index (χ1v) is 7.94. The summed E-state index contributed by atoms with van der Waals surface area (Å²) in [7, 11) is 2.00. The summed E-state index contributed by atoms with van der Waals surface area (Å²) in [5.41, 5.74) is 2.33. The van der Waals surface area contributed by atoms with Crippen LogP contribution < -0.4 is 5.32 Å². The number of alkyl halides is 1. The largest absolute Gasteiger partial charge is 0.307 e. The molecule has 0 amide bonds. The molecule has 3 nitrogen and oxygen atoms in total. The Labute approximate surface area is 122 Å². The fourth-order valence-corrected chi connectivity index (χ4v) is 3.68. The van der Waals surface area contributed by atoms with Crippen molar-refractivity contribution < 1.29 is 0 Å². The Morgan fingerprint density at radius 3 is 2.78 bits per heavy atom. The topological polar surface area (TPSA) is 29.9 Å². The van der Waals surface area contributed by atoms with Crippen LogP contribution in [0.2, 0.25) is 0 Å². The van der Waals surface area contributed by atoms with Crippen LogP contribution >= 0.6 is 27.5 Å². The molecular formula is C13H21BrClN3. The Morgan fingerprint density at radius 1 is 1.44 bits per heavy atom. The molecule has 1 fully saturated rings. The molecule has 1 N–H and O–H groups in total. The van der Waals surface area contributed by atoms with Crippen molar-refractivity contribution in [1.29, 1.82) is 0 Å². The molecule has 1 saturated carbocycles. The van der Waals surface area contributed by atoms with Crippen molar-refractivity contribution in [3.05, 3.63) is 15.9 Å². The van der Waals surface area contributed by atoms with E-state index < -0.39 is 0 Å². The van der Waals surface area contributed by atoms with Crippen molar-refractivity contribution in [2.75, 3.05) is 0 Å². The summed E-state index contributed by atoms with van der Waals surface area (Å²) in [6.07, 6.45) is 5.82. The molecular weight excluding hydrogens is 314 g/mol. The summed E-state index contributed by atoms with van der Waals surface area (Å²) < 4.78 is 3.10. The molecule has 2 rings (SSSR count). The molecule has 1 aliphatic carbocycles. The predicted octanol–water partition coefficient (Wildman–Crippen LogP) is 3.38. The van der Waals surface area contributed by atoms with Crippen LogP contribution in [0.15, 0.2) is 4.47 Å². The van der Waals surface area contributed by atoms with Crippen LogP contribution in [0.3, 0.4) is 0 Å². The quantitative estimate of drug-likeness (QED) is 0.855. The minimum atomic E-state index is 0.274. The highest BCUT2D eigenvalue weighted by Gasteiger charge is 2.23. The highest BCUT2D eigenvalue weighted by atomic mass is 79.9. The van der Waals surface area contributed by atoms with Crippen LogP contribution in [0.1, 0.15) is 44.0 Å². The third kappa shape index (κ3) is 3.09. The van der Waals surface area contributed by atoms with Gasteiger partial charge in [0.25, 0.3) is 0 Å². The van der Waals surface area contributed by atoms with Crippen LogP contribution in [0, 0.1) is 0 Å². The highest BCUT2D eigenvalue weighted by Crippen LogP contribution is 2.25. The maximum atomic E-state index is 6.36. The van der Waals surface area contributed by atoms with Crippen molar-refractivity contribution >= 4 is 27.5 Å². The van der Waals surface area contributed by atoms with Gasteiger partial charge in [0.05, 0.1) is 15.9 Å². The SMILES string of the molecule is CCc1nn(C)c(CNC2CCCCC2Cl)c1Br. The maximum Gasteiger partial charge on any atom is 0.0767 e. The Morgan fingerprint density at radius 2 is 2.17 bits per heavy atom. The Balaban J connectivity index is 1.99. The van der Waals surface area contributed by atoms with Crippen molar-refractivity contribution in [3.63, 3.8) is 0 Å². The van der Waals surface area contributed by atoms with Crippen LogP contribution in [-0.4, -0.2) is 21.2 Å². The van der Waals surface area contributed by atoms with Gasteiger partial charge in [0, 0.05) is 25.0 Å². The maximum absolute atomic E-state index is 6.36. The standard InChI is InChI=1S/C13H21BrClN3/c1-3-10-13(14)12(18(2)17-10)8-16-11-7-5-4-6-9(11)15/h9,11,16H,3-8H2,1-2H3. The molecule has 1 aromatic heterocycles. The second-order valence-electron chi connectivity index (χ2n) is 4.97. The Kier molecular flexibility index (Phi) is 5.10. The molecule has 0 radical (unpaired) electrons. The second-order valence-corrected chi connectivity index (χ2v) is 6.33. The average Bonchev–Trinajstić information content (AvgIpc) is 2.64. The lowest BCUT2D eigenvalue weighted by atomic mass is 9.95. The van der Waals surface area contributed by atoms with E-state index in [2.05, 4.69) is 33.3 Å². The van der Waals surface area contributed by atoms with Crippen LogP contribution in [0.5, 0.6) is 0 Å². The van der Waals surface area contributed by atoms with E-state index in [1.807, 2.05) is 11.7 Å². The molecule has 0 bridgehead atoms. The van der Waals surface area contributed by atoms with E-state index in [1.54, 1.807) is 0 Å². The van der Waals surface area contributed by atoms with E-state index in [4.69, 9.17) is 11.6 Å². The fraction of sp³-hybridized carbons (Fsp3) is 0.769. The lowest BCUT2D eigenvalue weighted by Crippen LogP contribution is -2.39. The van der Waals surface area contributed by atoms with Gasteiger partial charge in [0.1, 0.15) is 0 Å². The molecule has 0 spiro atoms. The van der Waals surface area contributed by atoms with Crippen LogP contribution in [-0.2, 0) is 20.0 Å². The van der Waals surface area contributed by atoms with Gasteiger partial charge in [-0.05, 0) is 35.2 Å². The number of aryl methyl sites for hydroxylation is 2. The smallest absolute Gasteiger partial charge is 0.0767 e. The molecule has 1 aromatic rings. The molecule has 2 atom stereocenters. The third-order valence-electron chi connectivity index (χ3n) is 3.72. The number of hydrogen-bond donors (Lipinski definition) is 1. The van der Waals surface area contributed by atoms with E-state index in [-0.39, 0.29) is 5.38 Å². The first kappa shape index (κ1) is 14.4. The summed E-state index contributed by atoms with van der Waals surface area (Å²) >= 11 is 10.0. The monoisotopic (exact) mass is 333 g/mol. The lowest BCUT2D eigenvalue weighted by molar-refractivity contribution is 0.374. The minimum absolute atomic E-state index is 0.274. The first-order chi connectivity index (χ1) is 8.63. The second kappa shape index (κ2) is 6.40. The molecule has 102 valence electrons. The van der Waals surface area contributed by atoms with Crippen molar-refractivity contribution in [2.45, 2.75) is 57.0 Å². The van der Waals surface area contributed by atoms with Gasteiger partial charge in [0.2, 0.25) is 0 Å². The van der Waals surface area contributed by atoms with Gasteiger partial charge in [-0.15, -0.1) is 11.6 Å². The van der Waals surface area contributed by atoms with E-state index in [0.717, 1.165) is 29.6 Å². The fourth-order valence-electron chi connectivity index (χ4n) is 2.56. The van der Waals surface area contributed by atoms with Crippen LogP contribution in [0.25, 0.3) is 0 Å². The zero-order chi connectivity index (χ0) is 13.1. The predicted molar refractivity (Wildman–Crippen MR) is 79.0 cm³/mol. The molecule has 1 heterocycles. The van der Waals surface area contributed by atoms with Gasteiger partial charge >= 0.3 is 0 Å². The highest BCUT2D eigenvalue weighted by molar-refractivity contribution is 9.10. The Hall–Kier alpha value is -0.0600. The molecule has 0 aliphatic heterocycles. The van der Waals surface area contributed by atoms with Gasteiger partial charge in [-0.3, -0.25) is 4.68 Å². The lowest BCUT2D eigenvalue weighted by Gasteiger charge is -2.28. The summed E-state index contributed by atoms with van der Waals surface area (Å²) in [4.78, 5) is 0. The number of aromatic nitrogens is 2. The summed E-state index contributed by atoms with van der Waals surface area (Å²) in [6.45, 7) is 2.96. The van der Waals surface area contributed by atoms with Crippen molar-refractivity contribution in [3.8, 4) is 0 Å². The number of halogens is 2. The molecule has 2 unspecified atom stereocenters. The zero-order valence-electron chi connectivity index (χ0n) is 11.0. The normalized spacial score (nSPS) is 24.4. The van der Waals surface area contributed by atoms with Crippen molar-refractivity contribution in [1.82, 2.24) is 15.1 Å². The molecule has 1 aliphatic rings. The molecule has 0 saturated heterocycles. The van der Waals surface area contributed by atoms with Crippen LogP contribution in [0.4, 0.5) is 0 Å². The summed E-state index contributed by atoms with van der Waals surface area (Å²) in [5.74, 6) is 0. The van der Waals surface area contributed by atoms with Gasteiger partial charge < -0.3 is 5.32 Å². The number of nitrogens with one attached hydrogen (secondary N) is 1. The zero-order valence-corrected chi connectivity index (χ0v) is 13.4. The van der Waals surface area contributed by atoms with Gasteiger partial charge in [-0.2, -0.15) is 5.10 Å². The third-order valence-corrected chi connectivity index (χ3v) is 5.15. The van der Waals surface area contributed by atoms with E-state index in [0.29, 0.717) is 6.04 Å². The Bertz CT molecular complexity index is 405. The number of rotatable bonds is 4. The molecule has 5 heteroatoms. The summed E-state index contributed by atoms with van der Waals surface area (Å²) in [6, 6.07) is 0.437. The van der Waals surface area contributed by atoms with Gasteiger partial charge in [-0.1, -0.05) is 19.8 Å². The molecule has 0 aromatic carbocycles. The molecule has 18 heavy (non-hydrogen) atoms. The van der Waals surface area contributed by atoms with E-state index in [1.165, 1.54) is 25.0 Å². The van der Waals surface area contributed by atoms with E-state index >= 15 is 0 Å². The average molecular weight is 335 g/mol. The van der Waals surface area contributed by atoms with E-state index in [9.17, 15) is 0 Å². The minimum Gasteiger partial charge on any atom is -0.307 e. The van der Waals surface area contributed by atoms with Crippen molar-refractivity contribution in [2.24, 2.45) is 7.05 Å².